The summed E-state index contributed by atoms with van der Waals surface area (Å²) in [5, 5.41) is 5.47. The maximum absolute atomic E-state index is 12.5. The second-order valence-electron chi connectivity index (χ2n) is 5.63. The quantitative estimate of drug-likeness (QED) is 0.580. The van der Waals surface area contributed by atoms with E-state index in [-0.39, 0.29) is 24.4 Å². The van der Waals surface area contributed by atoms with Crippen molar-refractivity contribution in [3.8, 4) is 5.75 Å². The van der Waals surface area contributed by atoms with Crippen molar-refractivity contribution in [2.45, 2.75) is 6.92 Å². The first-order valence-corrected chi connectivity index (χ1v) is 7.76. The van der Waals surface area contributed by atoms with E-state index >= 15 is 0 Å². The van der Waals surface area contributed by atoms with Crippen LogP contribution in [-0.4, -0.2) is 31.1 Å². The van der Waals surface area contributed by atoms with E-state index in [0.29, 0.717) is 28.4 Å². The van der Waals surface area contributed by atoms with Crippen LogP contribution in [0.1, 0.15) is 15.9 Å². The molecule has 8 heteroatoms. The van der Waals surface area contributed by atoms with Gasteiger partial charge in [0.1, 0.15) is 5.75 Å². The Bertz CT molecular complexity index is 936. The van der Waals surface area contributed by atoms with E-state index in [2.05, 4.69) is 27.3 Å². The van der Waals surface area contributed by atoms with E-state index in [9.17, 15) is 9.59 Å². The minimum absolute atomic E-state index is 0.0198. The van der Waals surface area contributed by atoms with E-state index in [1.165, 1.54) is 0 Å². The first-order chi connectivity index (χ1) is 12.5. The van der Waals surface area contributed by atoms with Crippen molar-refractivity contribution in [1.82, 2.24) is 0 Å². The second-order valence-corrected chi connectivity index (χ2v) is 5.63. The first kappa shape index (κ1) is 17.2. The topological polar surface area (TPSA) is 118 Å². The minimum atomic E-state index is -0.324. The van der Waals surface area contributed by atoms with Gasteiger partial charge in [0.25, 0.3) is 11.8 Å². The highest BCUT2D eigenvalue weighted by molar-refractivity contribution is 6.06. The Morgan fingerprint density at radius 1 is 1.31 bits per heavy atom. The standard InChI is InChI=1S/C18H17N5O3/c1-10-3-4-11(7-13(10)23-18(19)20-2)17(25)21-12-5-6-15-14(8-12)22-16(24)9-26-15/h3-8H,2,9H2,1H3,(H2,19,23)(H,21,25)(H,22,24). The van der Waals surface area contributed by atoms with E-state index in [1.807, 2.05) is 6.92 Å². The maximum Gasteiger partial charge on any atom is 0.262 e. The van der Waals surface area contributed by atoms with Crippen LogP contribution in [0.2, 0.25) is 0 Å². The van der Waals surface area contributed by atoms with Crippen LogP contribution in [0.3, 0.4) is 0 Å². The van der Waals surface area contributed by atoms with Crippen LogP contribution in [-0.2, 0) is 4.79 Å². The second kappa shape index (κ2) is 7.06. The Labute approximate surface area is 149 Å². The molecule has 8 nitrogen and oxygen atoms in total. The SMILES string of the molecule is C=NC(N)=Nc1cc(C(=O)Nc2ccc3c(c2)NC(=O)CO3)ccc1C. The predicted molar refractivity (Wildman–Crippen MR) is 101 cm³/mol. The first-order valence-electron chi connectivity index (χ1n) is 7.76. The number of amides is 2. The van der Waals surface area contributed by atoms with Crippen LogP contribution in [0.25, 0.3) is 0 Å². The van der Waals surface area contributed by atoms with Gasteiger partial charge in [-0.25, -0.2) is 9.98 Å². The fourth-order valence-electron chi connectivity index (χ4n) is 2.39. The van der Waals surface area contributed by atoms with Gasteiger partial charge in [-0.05, 0) is 49.5 Å². The van der Waals surface area contributed by atoms with Crippen molar-refractivity contribution in [3.05, 3.63) is 47.5 Å². The molecule has 0 aromatic heterocycles. The summed E-state index contributed by atoms with van der Waals surface area (Å²) in [6.07, 6.45) is 0. The molecule has 0 unspecified atom stereocenters. The molecule has 0 spiro atoms. The largest absolute Gasteiger partial charge is 0.482 e. The molecule has 2 aromatic rings. The monoisotopic (exact) mass is 351 g/mol. The van der Waals surface area contributed by atoms with E-state index in [0.717, 1.165) is 5.56 Å². The number of aliphatic imine (C=N–C) groups is 2. The molecular weight excluding hydrogens is 334 g/mol. The zero-order chi connectivity index (χ0) is 18.7. The van der Waals surface area contributed by atoms with Crippen molar-refractivity contribution in [2.24, 2.45) is 15.7 Å². The lowest BCUT2D eigenvalue weighted by atomic mass is 10.1. The maximum atomic E-state index is 12.5. The molecule has 1 aliphatic heterocycles. The Morgan fingerprint density at radius 3 is 2.88 bits per heavy atom. The molecule has 0 saturated heterocycles. The molecule has 0 fully saturated rings. The van der Waals surface area contributed by atoms with Crippen LogP contribution in [0.5, 0.6) is 5.75 Å². The average Bonchev–Trinajstić information content (AvgIpc) is 2.63. The number of carbonyl (C=O) groups is 2. The lowest BCUT2D eigenvalue weighted by Gasteiger charge is -2.18. The van der Waals surface area contributed by atoms with Crippen LogP contribution < -0.4 is 21.1 Å². The van der Waals surface area contributed by atoms with Gasteiger partial charge in [0.2, 0.25) is 5.96 Å². The molecule has 26 heavy (non-hydrogen) atoms. The molecule has 3 rings (SSSR count). The molecular formula is C18H17N5O3. The van der Waals surface area contributed by atoms with Gasteiger partial charge in [0, 0.05) is 11.3 Å². The van der Waals surface area contributed by atoms with Gasteiger partial charge in [0.05, 0.1) is 11.4 Å². The molecule has 0 saturated carbocycles. The molecule has 0 radical (unpaired) electrons. The molecule has 132 valence electrons. The van der Waals surface area contributed by atoms with Crippen LogP contribution >= 0.6 is 0 Å². The number of benzene rings is 2. The summed E-state index contributed by atoms with van der Waals surface area (Å²) in [5.74, 6) is 0.0167. The highest BCUT2D eigenvalue weighted by Crippen LogP contribution is 2.30. The van der Waals surface area contributed by atoms with E-state index in [4.69, 9.17) is 10.5 Å². The molecule has 1 aliphatic rings. The fourth-order valence-corrected chi connectivity index (χ4v) is 2.39. The summed E-state index contributed by atoms with van der Waals surface area (Å²) in [4.78, 5) is 31.6. The number of hydrogen-bond acceptors (Lipinski definition) is 4. The number of guanidine groups is 1. The number of nitrogens with one attached hydrogen (secondary N) is 2. The molecule has 0 atom stereocenters. The van der Waals surface area contributed by atoms with Gasteiger partial charge in [-0.3, -0.25) is 9.59 Å². The van der Waals surface area contributed by atoms with E-state index < -0.39 is 0 Å². The number of rotatable bonds is 3. The van der Waals surface area contributed by atoms with Crippen LogP contribution in [0.4, 0.5) is 17.1 Å². The van der Waals surface area contributed by atoms with Gasteiger partial charge in [0.15, 0.2) is 6.61 Å². The Balaban J connectivity index is 1.82. The van der Waals surface area contributed by atoms with Crippen LogP contribution in [0, 0.1) is 6.92 Å². The molecule has 0 bridgehead atoms. The summed E-state index contributed by atoms with van der Waals surface area (Å²) in [7, 11) is 0. The zero-order valence-electron chi connectivity index (χ0n) is 14.1. The number of hydrogen-bond donors (Lipinski definition) is 3. The number of nitrogens with two attached hydrogens (primary N) is 1. The van der Waals surface area contributed by atoms with Crippen molar-refractivity contribution in [3.63, 3.8) is 0 Å². The van der Waals surface area contributed by atoms with Gasteiger partial charge in [-0.15, -0.1) is 0 Å². The predicted octanol–water partition coefficient (Wildman–Crippen LogP) is 2.23. The lowest BCUT2D eigenvalue weighted by Crippen LogP contribution is -2.25. The summed E-state index contributed by atoms with van der Waals surface area (Å²) in [6.45, 7) is 5.15. The Kier molecular flexibility index (Phi) is 4.66. The molecule has 2 aromatic carbocycles. The number of carbonyl (C=O) groups excluding carboxylic acids is 2. The third-order valence-electron chi connectivity index (χ3n) is 3.74. The van der Waals surface area contributed by atoms with Gasteiger partial charge >= 0.3 is 0 Å². The van der Waals surface area contributed by atoms with Gasteiger partial charge in [-0.1, -0.05) is 6.07 Å². The molecule has 1 heterocycles. The van der Waals surface area contributed by atoms with Gasteiger partial charge < -0.3 is 21.1 Å². The normalized spacial score (nSPS) is 13.3. The fraction of sp³-hybridized carbons (Fsp3) is 0.111. The number of nitrogens with zero attached hydrogens (tertiary/aromatic N) is 2. The molecule has 2 amide bonds. The third-order valence-corrected chi connectivity index (χ3v) is 3.74. The van der Waals surface area contributed by atoms with Crippen molar-refractivity contribution in [2.75, 3.05) is 17.2 Å². The third kappa shape index (κ3) is 3.69. The van der Waals surface area contributed by atoms with Gasteiger partial charge in [-0.2, -0.15) is 0 Å². The summed E-state index contributed by atoms with van der Waals surface area (Å²) in [5.41, 5.74) is 8.40. The molecule has 0 aliphatic carbocycles. The Morgan fingerprint density at radius 2 is 2.12 bits per heavy atom. The smallest absolute Gasteiger partial charge is 0.262 e. The summed E-state index contributed by atoms with van der Waals surface area (Å²) in [6, 6.07) is 10.1. The number of aryl methyl sites for hydroxylation is 1. The minimum Gasteiger partial charge on any atom is -0.482 e. The van der Waals surface area contributed by atoms with Crippen molar-refractivity contribution >= 4 is 41.6 Å². The van der Waals surface area contributed by atoms with E-state index in [1.54, 1.807) is 36.4 Å². The highest BCUT2D eigenvalue weighted by Gasteiger charge is 2.17. The van der Waals surface area contributed by atoms with Crippen LogP contribution in [0.15, 0.2) is 46.4 Å². The van der Waals surface area contributed by atoms with Crippen molar-refractivity contribution < 1.29 is 14.3 Å². The summed E-state index contributed by atoms with van der Waals surface area (Å²) < 4.78 is 5.29. The number of ether oxygens (including phenoxy) is 1. The average molecular weight is 351 g/mol. The Hall–Kier alpha value is -3.68. The molecule has 4 N–H and O–H groups in total. The zero-order valence-corrected chi connectivity index (χ0v) is 14.1. The lowest BCUT2D eigenvalue weighted by molar-refractivity contribution is -0.118. The number of anilines is 2. The van der Waals surface area contributed by atoms with Crippen molar-refractivity contribution in [1.29, 1.82) is 0 Å². The highest BCUT2D eigenvalue weighted by atomic mass is 16.5. The number of fused-ring (bicyclic) bond motifs is 1. The summed E-state index contributed by atoms with van der Waals surface area (Å²) >= 11 is 0.